The van der Waals surface area contributed by atoms with Crippen LogP contribution in [0.2, 0.25) is 0 Å². The number of hydrogen-bond donors (Lipinski definition) is 0. The molecule has 13 aromatic rings. The van der Waals surface area contributed by atoms with Crippen molar-refractivity contribution in [2.75, 3.05) is 9.80 Å². The molecular weight excluding hydrogens is 1120 g/mol. The summed E-state index contributed by atoms with van der Waals surface area (Å²) in [4.78, 5) is 14.2. The first-order valence-corrected chi connectivity index (χ1v) is 25.8. The molecule has 0 aliphatic carbocycles. The maximum atomic E-state index is 6.90. The summed E-state index contributed by atoms with van der Waals surface area (Å²) in [6.45, 7) is 8.88. The third-order valence-electron chi connectivity index (χ3n) is 15.3. The molecule has 0 saturated heterocycles. The first-order valence-electron chi connectivity index (χ1n) is 25.8. The van der Waals surface area contributed by atoms with Crippen molar-refractivity contribution in [3.8, 4) is 67.5 Å². The number of ether oxygens (including phenoxy) is 1. The second kappa shape index (κ2) is 18.1. The Balaban J connectivity index is 0.00000540. The molecule has 77 heavy (non-hydrogen) atoms. The molecule has 0 amide bonds. The number of hydrogen-bond acceptors (Lipinski definition) is 5. The summed E-state index contributed by atoms with van der Waals surface area (Å²) in [5.74, 6) is 1.94. The summed E-state index contributed by atoms with van der Waals surface area (Å²) < 4.78 is 11.7. The van der Waals surface area contributed by atoms with E-state index in [1.54, 1.807) is 0 Å². The Morgan fingerprint density at radius 2 is 1.17 bits per heavy atom. The predicted molar refractivity (Wildman–Crippen MR) is 310 cm³/mol. The minimum absolute atomic E-state index is 0. The van der Waals surface area contributed by atoms with Crippen LogP contribution in [-0.4, -0.2) is 19.1 Å². The predicted octanol–water partition coefficient (Wildman–Crippen LogP) is 17.7. The van der Waals surface area contributed by atoms with Gasteiger partial charge in [0, 0.05) is 94.9 Å². The van der Waals surface area contributed by atoms with Gasteiger partial charge in [0.2, 0.25) is 0 Å². The van der Waals surface area contributed by atoms with Crippen molar-refractivity contribution in [2.45, 2.75) is 26.2 Å². The van der Waals surface area contributed by atoms with Crippen molar-refractivity contribution in [3.05, 3.63) is 249 Å². The summed E-state index contributed by atoms with van der Waals surface area (Å²) in [5.41, 5.74) is 19.6. The van der Waals surface area contributed by atoms with Gasteiger partial charge in [0.05, 0.1) is 28.6 Å². The number of anilines is 4. The van der Waals surface area contributed by atoms with Gasteiger partial charge in [-0.05, 0) is 75.0 Å². The molecule has 0 fully saturated rings. The smallest absolute Gasteiger partial charge is 0.135 e. The third kappa shape index (κ3) is 7.36. The van der Waals surface area contributed by atoms with Crippen LogP contribution in [0.15, 0.2) is 225 Å². The van der Waals surface area contributed by atoms with Crippen molar-refractivity contribution < 1.29 is 25.8 Å². The minimum atomic E-state index is -0.103. The van der Waals surface area contributed by atoms with Gasteiger partial charge in [0.25, 0.3) is 0 Å². The van der Waals surface area contributed by atoms with E-state index in [-0.39, 0.29) is 26.5 Å². The Morgan fingerprint density at radius 1 is 0.494 bits per heavy atom. The van der Waals surface area contributed by atoms with Crippen molar-refractivity contribution in [2.24, 2.45) is 0 Å². The van der Waals surface area contributed by atoms with Crippen LogP contribution in [0, 0.1) is 18.8 Å². The number of aromatic nitrogens is 4. The molecule has 0 saturated carbocycles. The van der Waals surface area contributed by atoms with Crippen LogP contribution in [0.4, 0.5) is 22.7 Å². The molecule has 4 aromatic heterocycles. The molecule has 2 aliphatic heterocycles. The molecule has 8 heteroatoms. The van der Waals surface area contributed by atoms with E-state index >= 15 is 0 Å². The standard InChI is InChI=1S/C69H47N6O.Pt/c1-69(2,3)46-35-38-71-64(39-46)74-60-33-34-61-65(54-25-11-10-23-52(54)55-28-16-29-56-53-24-12-13-30-58(53)75(61)68(55)56)66(60)57-32-31-49(41-62(57)74)76-48-22-14-21-47(40-48)72-43-73(63-42-70-37-36-59(63)72)67-50(44-17-6-4-7-18-44)26-15-27-51(67)45-19-8-5-9-20-45;/h4-39,42-43H,1-3H3;/q-3;. The monoisotopic (exact) mass is 1170 g/mol. The summed E-state index contributed by atoms with van der Waals surface area (Å²) >= 11 is 0. The van der Waals surface area contributed by atoms with E-state index in [9.17, 15) is 0 Å². The number of fused-ring (bicyclic) bond motifs is 13. The first-order chi connectivity index (χ1) is 37.4. The van der Waals surface area contributed by atoms with Gasteiger partial charge in [-0.1, -0.05) is 166 Å². The van der Waals surface area contributed by atoms with Gasteiger partial charge in [-0.25, -0.2) is 4.98 Å². The Kier molecular flexibility index (Phi) is 10.9. The fourth-order valence-corrected chi connectivity index (χ4v) is 11.8. The molecule has 9 aromatic carbocycles. The van der Waals surface area contributed by atoms with Crippen molar-refractivity contribution >= 4 is 66.4 Å². The summed E-state index contributed by atoms with van der Waals surface area (Å²) in [7, 11) is 0. The second-order valence-corrected chi connectivity index (χ2v) is 20.7. The van der Waals surface area contributed by atoms with Gasteiger partial charge in [-0.2, -0.15) is 12.1 Å². The zero-order chi connectivity index (χ0) is 50.6. The molecule has 0 N–H and O–H groups in total. The molecule has 372 valence electrons. The van der Waals surface area contributed by atoms with Gasteiger partial charge in [0.15, 0.2) is 0 Å². The number of pyridine rings is 2. The Morgan fingerprint density at radius 3 is 1.96 bits per heavy atom. The number of rotatable bonds is 7. The van der Waals surface area contributed by atoms with Crippen LogP contribution < -0.4 is 14.5 Å². The summed E-state index contributed by atoms with van der Waals surface area (Å²) in [6, 6.07) is 80.8. The van der Waals surface area contributed by atoms with E-state index in [1.807, 2.05) is 36.8 Å². The Bertz CT molecular complexity index is 4420. The van der Waals surface area contributed by atoms with Crippen LogP contribution in [0.3, 0.4) is 0 Å². The van der Waals surface area contributed by atoms with Gasteiger partial charge in [-0.3, -0.25) is 4.98 Å². The third-order valence-corrected chi connectivity index (χ3v) is 15.3. The zero-order valence-corrected chi connectivity index (χ0v) is 44.6. The number of benzene rings is 9. The largest absolute Gasteiger partial charge is 0.509 e. The molecule has 15 rings (SSSR count). The average molecular weight is 1170 g/mol. The molecule has 0 unspecified atom stereocenters. The molecule has 2 aliphatic rings. The van der Waals surface area contributed by atoms with Crippen molar-refractivity contribution in [1.29, 1.82) is 0 Å². The van der Waals surface area contributed by atoms with Gasteiger partial charge in [0.1, 0.15) is 5.82 Å². The van der Waals surface area contributed by atoms with E-state index in [0.717, 1.165) is 78.3 Å². The van der Waals surface area contributed by atoms with E-state index in [0.29, 0.717) is 11.5 Å². The molecule has 0 radical (unpaired) electrons. The second-order valence-electron chi connectivity index (χ2n) is 20.7. The van der Waals surface area contributed by atoms with E-state index in [2.05, 4.69) is 252 Å². The van der Waals surface area contributed by atoms with Crippen molar-refractivity contribution in [3.63, 3.8) is 0 Å². The topological polar surface area (TPSA) is 51.4 Å². The fourth-order valence-electron chi connectivity index (χ4n) is 11.8. The molecule has 0 spiro atoms. The van der Waals surface area contributed by atoms with Crippen LogP contribution in [0.25, 0.3) is 99.6 Å². The van der Waals surface area contributed by atoms with Gasteiger partial charge in [-0.15, -0.1) is 48.1 Å². The average Bonchev–Trinajstić information content (AvgIpc) is 4.29. The van der Waals surface area contributed by atoms with Crippen LogP contribution in [0.1, 0.15) is 26.3 Å². The number of para-hydroxylation sites is 3. The molecule has 7 nitrogen and oxygen atoms in total. The zero-order valence-electron chi connectivity index (χ0n) is 42.3. The van der Waals surface area contributed by atoms with Gasteiger partial charge < -0.3 is 23.7 Å². The maximum absolute atomic E-state index is 6.90. The van der Waals surface area contributed by atoms with E-state index in [4.69, 9.17) is 9.72 Å². The number of nitrogens with zero attached hydrogens (tertiary/aromatic N) is 6. The van der Waals surface area contributed by atoms with Crippen LogP contribution in [0.5, 0.6) is 11.5 Å². The summed E-state index contributed by atoms with van der Waals surface area (Å²) in [6.07, 6.45) is 5.72. The first kappa shape index (κ1) is 46.5. The minimum Gasteiger partial charge on any atom is -0.509 e. The quantitative estimate of drug-likeness (QED) is 0.149. The molecule has 0 bridgehead atoms. The fraction of sp³-hybridized carbons (Fsp3) is 0.0580. The van der Waals surface area contributed by atoms with E-state index < -0.39 is 0 Å². The van der Waals surface area contributed by atoms with Crippen LogP contribution >= 0.6 is 0 Å². The molecule has 6 heterocycles. The van der Waals surface area contributed by atoms with Gasteiger partial charge >= 0.3 is 0 Å². The SMILES string of the molecule is CC(C)(C)c1ccnc(-n2c3[c-]c(Oc4[c-]c(N5[CH-]N(c6c(-c7ccccc7)cccc6-c6ccccc6)c6cnccc65)ccc4)ccc3c3c4c(ccc32)-n2c3ccccc3c3cccc(c32)-c2ccccc2-4)c1.[Pt]. The normalized spacial score (nSPS) is 12.7. The Hall–Kier alpha value is -9.03. The maximum Gasteiger partial charge on any atom is 0.135 e. The molecular formula is C69H47N6OPt-3. The summed E-state index contributed by atoms with van der Waals surface area (Å²) in [5, 5.41) is 4.66. The van der Waals surface area contributed by atoms with Crippen molar-refractivity contribution in [1.82, 2.24) is 19.1 Å². The van der Waals surface area contributed by atoms with Crippen LogP contribution in [-0.2, 0) is 26.5 Å². The molecule has 0 atom stereocenters. The van der Waals surface area contributed by atoms with E-state index in [1.165, 1.54) is 49.6 Å². The Labute approximate surface area is 461 Å².